The number of carbonyl (C=O) groups excluding carboxylic acids is 1. The molecule has 1 heterocycles. The number of fused-ring (bicyclic) bond motifs is 1. The van der Waals surface area contributed by atoms with Crippen molar-refractivity contribution in [2.24, 2.45) is 0 Å². The average Bonchev–Trinajstić information content (AvgIpc) is 2.93. The van der Waals surface area contributed by atoms with Crippen molar-refractivity contribution < 1.29 is 4.79 Å². The molecular weight excluding hydrogens is 234 g/mol. The summed E-state index contributed by atoms with van der Waals surface area (Å²) >= 11 is 0. The van der Waals surface area contributed by atoms with E-state index in [-0.39, 0.29) is 0 Å². The second-order valence-electron chi connectivity index (χ2n) is 4.39. The Morgan fingerprint density at radius 3 is 2.42 bits per heavy atom. The molecule has 2 nitrogen and oxygen atoms in total. The van der Waals surface area contributed by atoms with Gasteiger partial charge >= 0.3 is 0 Å². The van der Waals surface area contributed by atoms with Crippen LogP contribution in [0.15, 0.2) is 54.6 Å². The molecule has 2 aromatic carbocycles. The maximum absolute atomic E-state index is 10.6. The number of carbonyl (C=O) groups is 1. The lowest BCUT2D eigenvalue weighted by molar-refractivity contribution is 0.111. The minimum Gasteiger partial charge on any atom is -0.353 e. The van der Waals surface area contributed by atoms with Gasteiger partial charge in [-0.15, -0.1) is 0 Å². The summed E-state index contributed by atoms with van der Waals surface area (Å²) in [6, 6.07) is 18.2. The van der Waals surface area contributed by atoms with Gasteiger partial charge in [0.25, 0.3) is 0 Å². The Hall–Kier alpha value is -2.61. The molecule has 2 heteroatoms. The van der Waals surface area contributed by atoms with Crippen molar-refractivity contribution in [3.63, 3.8) is 0 Å². The first-order valence-electron chi connectivity index (χ1n) is 6.17. The summed E-state index contributed by atoms with van der Waals surface area (Å²) in [7, 11) is 0. The summed E-state index contributed by atoms with van der Waals surface area (Å²) in [6.07, 6.45) is 4.85. The Bertz CT molecular complexity index is 747. The lowest BCUT2D eigenvalue weighted by Gasteiger charge is -2.01. The summed E-state index contributed by atoms with van der Waals surface area (Å²) in [6.45, 7) is 0. The van der Waals surface area contributed by atoms with Crippen molar-refractivity contribution in [3.8, 4) is 0 Å². The van der Waals surface area contributed by atoms with Gasteiger partial charge in [-0.05, 0) is 34.5 Å². The minimum absolute atomic E-state index is 0.595. The fourth-order valence-corrected chi connectivity index (χ4v) is 2.17. The molecule has 0 spiro atoms. The van der Waals surface area contributed by atoms with Crippen LogP contribution in [0.5, 0.6) is 0 Å². The first-order chi connectivity index (χ1) is 9.36. The molecule has 0 bridgehead atoms. The Morgan fingerprint density at radius 1 is 0.789 bits per heavy atom. The van der Waals surface area contributed by atoms with Crippen molar-refractivity contribution in [2.45, 2.75) is 0 Å². The molecule has 92 valence electrons. The molecule has 0 saturated carbocycles. The van der Waals surface area contributed by atoms with Crippen LogP contribution in [0.4, 0.5) is 0 Å². The second-order valence-corrected chi connectivity index (χ2v) is 4.39. The molecule has 0 atom stereocenters. The molecule has 0 aliphatic heterocycles. The number of nitrogens with one attached hydrogen (secondary N) is 1. The van der Waals surface area contributed by atoms with Crippen LogP contribution in [0.2, 0.25) is 0 Å². The number of hydrogen-bond donors (Lipinski definition) is 1. The summed E-state index contributed by atoms with van der Waals surface area (Å²) in [4.78, 5) is 13.6. The van der Waals surface area contributed by atoms with Crippen LogP contribution >= 0.6 is 0 Å². The molecule has 0 amide bonds. The Morgan fingerprint density at radius 2 is 1.58 bits per heavy atom. The maximum atomic E-state index is 10.6. The molecule has 0 aliphatic rings. The molecule has 1 N–H and O–H groups in total. The van der Waals surface area contributed by atoms with E-state index in [0.717, 1.165) is 12.0 Å². The predicted molar refractivity (Wildman–Crippen MR) is 79.1 cm³/mol. The van der Waals surface area contributed by atoms with E-state index in [1.807, 2.05) is 30.3 Å². The smallest absolute Gasteiger partial charge is 0.166 e. The van der Waals surface area contributed by atoms with E-state index >= 15 is 0 Å². The fourth-order valence-electron chi connectivity index (χ4n) is 2.17. The number of H-pyrrole nitrogens is 1. The molecule has 0 aliphatic carbocycles. The van der Waals surface area contributed by atoms with Crippen LogP contribution in [0, 0.1) is 0 Å². The van der Waals surface area contributed by atoms with Gasteiger partial charge in [0.2, 0.25) is 0 Å². The molecule has 0 saturated heterocycles. The predicted octanol–water partition coefficient (Wildman–Crippen LogP) is 4.15. The molecule has 0 unspecified atom stereocenters. The maximum Gasteiger partial charge on any atom is 0.166 e. The molecular formula is C17H13NO. The van der Waals surface area contributed by atoms with E-state index in [1.54, 1.807) is 6.07 Å². The van der Waals surface area contributed by atoms with Crippen molar-refractivity contribution in [2.75, 3.05) is 0 Å². The summed E-state index contributed by atoms with van der Waals surface area (Å²) in [5.74, 6) is 0. The normalized spacial score (nSPS) is 11.2. The lowest BCUT2D eigenvalue weighted by Crippen LogP contribution is -1.79. The second kappa shape index (κ2) is 4.94. The van der Waals surface area contributed by atoms with Crippen LogP contribution in [0.3, 0.4) is 0 Å². The van der Waals surface area contributed by atoms with E-state index < -0.39 is 0 Å². The third-order valence-electron chi connectivity index (χ3n) is 3.12. The van der Waals surface area contributed by atoms with E-state index in [1.165, 1.54) is 16.3 Å². The zero-order valence-corrected chi connectivity index (χ0v) is 10.3. The quantitative estimate of drug-likeness (QED) is 0.693. The number of aromatic amines is 1. The minimum atomic E-state index is 0.595. The standard InChI is InChI=1S/C17H13NO/c19-12-16-11-10-15(18-16)9-8-14-6-3-5-13-4-1-2-7-17(13)14/h1-12,18H/b9-8+. The van der Waals surface area contributed by atoms with E-state index in [9.17, 15) is 4.79 Å². The van der Waals surface area contributed by atoms with Gasteiger partial charge in [-0.25, -0.2) is 0 Å². The van der Waals surface area contributed by atoms with Gasteiger partial charge < -0.3 is 4.98 Å². The van der Waals surface area contributed by atoms with Crippen LogP contribution in [0.25, 0.3) is 22.9 Å². The van der Waals surface area contributed by atoms with E-state index in [2.05, 4.69) is 35.3 Å². The van der Waals surface area contributed by atoms with Gasteiger partial charge in [-0.3, -0.25) is 4.79 Å². The van der Waals surface area contributed by atoms with Gasteiger partial charge in [-0.1, -0.05) is 48.5 Å². The zero-order valence-electron chi connectivity index (χ0n) is 10.3. The van der Waals surface area contributed by atoms with Gasteiger partial charge in [0.15, 0.2) is 6.29 Å². The van der Waals surface area contributed by atoms with Crippen LogP contribution in [-0.2, 0) is 0 Å². The number of aldehydes is 1. The van der Waals surface area contributed by atoms with Gasteiger partial charge in [-0.2, -0.15) is 0 Å². The van der Waals surface area contributed by atoms with E-state index in [4.69, 9.17) is 0 Å². The van der Waals surface area contributed by atoms with Crippen LogP contribution in [0.1, 0.15) is 21.7 Å². The highest BCUT2D eigenvalue weighted by Gasteiger charge is 1.97. The summed E-state index contributed by atoms with van der Waals surface area (Å²) in [5.41, 5.74) is 2.69. The zero-order chi connectivity index (χ0) is 13.1. The van der Waals surface area contributed by atoms with Crippen molar-refractivity contribution in [1.29, 1.82) is 0 Å². The highest BCUT2D eigenvalue weighted by molar-refractivity contribution is 5.92. The van der Waals surface area contributed by atoms with Gasteiger partial charge in [0.1, 0.15) is 0 Å². The molecule has 19 heavy (non-hydrogen) atoms. The van der Waals surface area contributed by atoms with Gasteiger partial charge in [0.05, 0.1) is 5.69 Å². The third kappa shape index (κ3) is 2.33. The topological polar surface area (TPSA) is 32.9 Å². The van der Waals surface area contributed by atoms with E-state index in [0.29, 0.717) is 5.69 Å². The monoisotopic (exact) mass is 247 g/mol. The highest BCUT2D eigenvalue weighted by atomic mass is 16.1. The number of aromatic nitrogens is 1. The van der Waals surface area contributed by atoms with Gasteiger partial charge in [0, 0.05) is 5.69 Å². The molecule has 0 radical (unpaired) electrons. The lowest BCUT2D eigenvalue weighted by atomic mass is 10.0. The van der Waals surface area contributed by atoms with Crippen LogP contribution < -0.4 is 0 Å². The van der Waals surface area contributed by atoms with Crippen molar-refractivity contribution in [1.82, 2.24) is 4.98 Å². The van der Waals surface area contributed by atoms with Crippen molar-refractivity contribution in [3.05, 3.63) is 71.5 Å². The average molecular weight is 247 g/mol. The Kier molecular flexibility index (Phi) is 2.99. The Balaban J connectivity index is 1.98. The SMILES string of the molecule is O=Cc1ccc(/C=C/c2cccc3ccccc23)[nH]1. The molecule has 0 fully saturated rings. The molecule has 3 rings (SSSR count). The largest absolute Gasteiger partial charge is 0.353 e. The number of hydrogen-bond acceptors (Lipinski definition) is 1. The molecule has 1 aromatic heterocycles. The Labute approximate surface area is 111 Å². The summed E-state index contributed by atoms with van der Waals surface area (Å²) in [5, 5.41) is 2.45. The number of rotatable bonds is 3. The first-order valence-corrected chi connectivity index (χ1v) is 6.17. The summed E-state index contributed by atoms with van der Waals surface area (Å²) < 4.78 is 0. The van der Waals surface area contributed by atoms with Crippen LogP contribution in [-0.4, -0.2) is 11.3 Å². The first kappa shape index (κ1) is 11.5. The number of benzene rings is 2. The highest BCUT2D eigenvalue weighted by Crippen LogP contribution is 2.20. The van der Waals surface area contributed by atoms with Crippen molar-refractivity contribution >= 4 is 29.2 Å². The molecule has 3 aromatic rings. The fraction of sp³-hybridized carbons (Fsp3) is 0. The third-order valence-corrected chi connectivity index (χ3v) is 3.12.